The van der Waals surface area contributed by atoms with Crippen molar-refractivity contribution in [3.05, 3.63) is 23.8 Å². The van der Waals surface area contributed by atoms with Crippen LogP contribution in [0, 0.1) is 16.7 Å². The van der Waals surface area contributed by atoms with Gasteiger partial charge in [-0.25, -0.2) is 4.79 Å². The first-order chi connectivity index (χ1) is 10.6. The van der Waals surface area contributed by atoms with E-state index in [9.17, 15) is 4.79 Å². The van der Waals surface area contributed by atoms with Crippen molar-refractivity contribution in [1.29, 1.82) is 10.7 Å². The van der Waals surface area contributed by atoms with Crippen molar-refractivity contribution in [3.63, 3.8) is 0 Å². The second-order valence-electron chi connectivity index (χ2n) is 3.78. The summed E-state index contributed by atoms with van der Waals surface area (Å²) in [6.07, 6.45) is 0.938. The lowest BCUT2D eigenvalue weighted by atomic mass is 10.1. The summed E-state index contributed by atoms with van der Waals surface area (Å²) in [5.41, 5.74) is 0.557. The van der Waals surface area contributed by atoms with E-state index in [1.165, 1.54) is 14.2 Å². The van der Waals surface area contributed by atoms with E-state index in [0.29, 0.717) is 17.1 Å². The number of benzene rings is 1. The van der Waals surface area contributed by atoms with Gasteiger partial charge in [0.1, 0.15) is 11.1 Å². The van der Waals surface area contributed by atoms with Crippen molar-refractivity contribution in [1.82, 2.24) is 0 Å². The van der Waals surface area contributed by atoms with E-state index in [1.807, 2.05) is 6.07 Å². The Morgan fingerprint density at radius 1 is 1.41 bits per heavy atom. The van der Waals surface area contributed by atoms with Crippen LogP contribution in [0.3, 0.4) is 0 Å². The van der Waals surface area contributed by atoms with Crippen LogP contribution in [0.5, 0.6) is 11.5 Å². The smallest absolute Gasteiger partial charge is 0.434 e. The molecule has 0 aliphatic heterocycles. The van der Waals surface area contributed by atoms with Crippen LogP contribution in [0.25, 0.3) is 0 Å². The molecule has 22 heavy (non-hydrogen) atoms. The predicted molar refractivity (Wildman–Crippen MR) is 84.3 cm³/mol. The minimum absolute atomic E-state index is 0.0584. The molecule has 1 amide bonds. The summed E-state index contributed by atoms with van der Waals surface area (Å²) in [5, 5.41) is 16.9. The number of aliphatic imine (C=N–C) groups is 1. The number of hydrogen-bond donors (Lipinski definition) is 1. The highest BCUT2D eigenvalue weighted by molar-refractivity contribution is 8.15. The molecule has 0 saturated heterocycles. The number of nitriles is 1. The average molecular weight is 321 g/mol. The molecule has 1 N–H and O–H groups in total. The van der Waals surface area contributed by atoms with E-state index in [4.69, 9.17) is 20.1 Å². The number of hydrogen-bond acceptors (Lipinski definition) is 7. The molecule has 1 rings (SSSR count). The molecule has 0 spiro atoms. The Morgan fingerprint density at radius 3 is 2.68 bits per heavy atom. The molecule has 0 saturated carbocycles. The van der Waals surface area contributed by atoms with Gasteiger partial charge in [0.2, 0.25) is 0 Å². The van der Waals surface area contributed by atoms with Crippen LogP contribution in [-0.2, 0) is 4.74 Å². The van der Waals surface area contributed by atoms with Crippen molar-refractivity contribution in [3.8, 4) is 17.6 Å². The second kappa shape index (κ2) is 8.69. The standard InChI is InChI=1S/C14H15N3O4S/c1-19-11-8-9(4-5-10(11)21-7-6-15)12(16)13(22-3)17-14(18)20-2/h4-5,8,16H,7H2,1-3H3. The first kappa shape index (κ1) is 17.5. The van der Waals surface area contributed by atoms with Gasteiger partial charge in [-0.15, -0.1) is 11.8 Å². The van der Waals surface area contributed by atoms with E-state index in [1.54, 1.807) is 24.5 Å². The van der Waals surface area contributed by atoms with Crippen molar-refractivity contribution >= 4 is 28.6 Å². The third-order valence-corrected chi connectivity index (χ3v) is 3.20. The fourth-order valence-corrected chi connectivity index (χ4v) is 2.00. The lowest BCUT2D eigenvalue weighted by Crippen LogP contribution is -2.13. The molecule has 0 heterocycles. The summed E-state index contributed by atoms with van der Waals surface area (Å²) in [6.45, 7) is -0.104. The lowest BCUT2D eigenvalue weighted by Gasteiger charge is -2.11. The van der Waals surface area contributed by atoms with Gasteiger partial charge in [-0.3, -0.25) is 5.41 Å². The number of thioether (sulfide) groups is 1. The Balaban J connectivity index is 3.10. The summed E-state index contributed by atoms with van der Waals surface area (Å²) >= 11 is 1.16. The van der Waals surface area contributed by atoms with Gasteiger partial charge in [-0.1, -0.05) is 0 Å². The molecule has 116 valence electrons. The SMILES string of the molecule is COC(=O)N=C(SC)C(=N)c1ccc(OCC#N)c(OC)c1. The maximum Gasteiger partial charge on any atom is 0.434 e. The highest BCUT2D eigenvalue weighted by atomic mass is 32.2. The van der Waals surface area contributed by atoms with E-state index in [0.717, 1.165) is 11.8 Å². The predicted octanol–water partition coefficient (Wildman–Crippen LogP) is 2.49. The number of amides is 1. The summed E-state index contributed by atoms with van der Waals surface area (Å²) in [5.74, 6) is 0.784. The van der Waals surface area contributed by atoms with Crippen molar-refractivity contribution in [2.24, 2.45) is 4.99 Å². The minimum atomic E-state index is -0.768. The summed E-state index contributed by atoms with van der Waals surface area (Å²) in [7, 11) is 2.68. The average Bonchev–Trinajstić information content (AvgIpc) is 2.56. The molecule has 0 bridgehead atoms. The summed E-state index contributed by atoms with van der Waals surface area (Å²) < 4.78 is 14.9. The van der Waals surface area contributed by atoms with Gasteiger partial charge >= 0.3 is 6.09 Å². The van der Waals surface area contributed by atoms with Crippen LogP contribution >= 0.6 is 11.8 Å². The third-order valence-electron chi connectivity index (χ3n) is 2.52. The fraction of sp³-hybridized carbons (Fsp3) is 0.286. The molecule has 0 aliphatic rings. The molecule has 0 fully saturated rings. The molecular weight excluding hydrogens is 306 g/mol. The molecule has 0 unspecified atom stereocenters. The number of nitrogens with one attached hydrogen (secondary N) is 1. The maximum absolute atomic E-state index is 11.2. The van der Waals surface area contributed by atoms with Crippen LogP contribution in [0.15, 0.2) is 23.2 Å². The van der Waals surface area contributed by atoms with Gasteiger partial charge in [-0.2, -0.15) is 10.3 Å². The van der Waals surface area contributed by atoms with Crippen molar-refractivity contribution in [2.45, 2.75) is 0 Å². The molecule has 1 aromatic rings. The number of methoxy groups -OCH3 is 2. The maximum atomic E-state index is 11.2. The number of nitrogens with zero attached hydrogens (tertiary/aromatic N) is 2. The fourth-order valence-electron chi connectivity index (χ4n) is 1.51. The Kier molecular flexibility index (Phi) is 6.92. The van der Waals surface area contributed by atoms with Crippen molar-refractivity contribution < 1.29 is 19.0 Å². The molecule has 0 aliphatic carbocycles. The normalized spacial score (nSPS) is 10.5. The first-order valence-corrected chi connectivity index (χ1v) is 7.27. The highest BCUT2D eigenvalue weighted by Crippen LogP contribution is 2.28. The highest BCUT2D eigenvalue weighted by Gasteiger charge is 2.14. The van der Waals surface area contributed by atoms with Gasteiger partial charge < -0.3 is 14.2 Å². The minimum Gasteiger partial charge on any atom is -0.493 e. The third kappa shape index (κ3) is 4.49. The molecule has 0 radical (unpaired) electrons. The zero-order valence-electron chi connectivity index (χ0n) is 12.4. The van der Waals surface area contributed by atoms with Gasteiger partial charge in [0.25, 0.3) is 0 Å². The largest absolute Gasteiger partial charge is 0.493 e. The van der Waals surface area contributed by atoms with Gasteiger partial charge in [-0.05, 0) is 24.5 Å². The number of carbonyl (C=O) groups is 1. The molecule has 8 heteroatoms. The van der Waals surface area contributed by atoms with Crippen LogP contribution < -0.4 is 9.47 Å². The molecule has 0 atom stereocenters. The molecule has 1 aromatic carbocycles. The van der Waals surface area contributed by atoms with E-state index >= 15 is 0 Å². The molecule has 7 nitrogen and oxygen atoms in total. The summed E-state index contributed by atoms with van der Waals surface area (Å²) in [6, 6.07) is 6.67. The summed E-state index contributed by atoms with van der Waals surface area (Å²) in [4.78, 5) is 14.9. The van der Waals surface area contributed by atoms with Crippen LogP contribution in [-0.4, -0.2) is 43.9 Å². The topological polar surface area (TPSA) is 105 Å². The Labute approximate surface area is 132 Å². The number of carbonyl (C=O) groups excluding carboxylic acids is 1. The quantitative estimate of drug-likeness (QED) is 0.660. The second-order valence-corrected chi connectivity index (χ2v) is 4.57. The van der Waals surface area contributed by atoms with Gasteiger partial charge in [0.15, 0.2) is 18.1 Å². The number of rotatable bonds is 5. The first-order valence-electron chi connectivity index (χ1n) is 6.05. The lowest BCUT2D eigenvalue weighted by molar-refractivity contribution is 0.183. The number of ether oxygens (including phenoxy) is 3. The Hall–Kier alpha value is -2.53. The Morgan fingerprint density at radius 2 is 2.14 bits per heavy atom. The van der Waals surface area contributed by atoms with E-state index in [2.05, 4.69) is 9.73 Å². The van der Waals surface area contributed by atoms with Crippen LogP contribution in [0.1, 0.15) is 5.56 Å². The van der Waals surface area contributed by atoms with Crippen LogP contribution in [0.2, 0.25) is 0 Å². The zero-order valence-corrected chi connectivity index (χ0v) is 13.2. The van der Waals surface area contributed by atoms with Gasteiger partial charge in [0, 0.05) is 5.56 Å². The van der Waals surface area contributed by atoms with E-state index < -0.39 is 6.09 Å². The molecule has 0 aromatic heterocycles. The van der Waals surface area contributed by atoms with Gasteiger partial charge in [0.05, 0.1) is 19.9 Å². The van der Waals surface area contributed by atoms with Crippen LogP contribution in [0.4, 0.5) is 4.79 Å². The van der Waals surface area contributed by atoms with E-state index in [-0.39, 0.29) is 17.4 Å². The van der Waals surface area contributed by atoms with Crippen molar-refractivity contribution in [2.75, 3.05) is 27.1 Å². The molecular formula is C14H15N3O4S. The zero-order chi connectivity index (χ0) is 16.5. The monoisotopic (exact) mass is 321 g/mol. The Bertz CT molecular complexity index is 637.